The highest BCUT2D eigenvalue weighted by molar-refractivity contribution is 9.09. The van der Waals surface area contributed by atoms with Gasteiger partial charge in [0.1, 0.15) is 12.4 Å². The van der Waals surface area contributed by atoms with Crippen LogP contribution in [0.1, 0.15) is 5.56 Å². The maximum absolute atomic E-state index is 12.4. The molecule has 1 heterocycles. The zero-order valence-electron chi connectivity index (χ0n) is 11.8. The number of nitrogens with zero attached hydrogens (tertiary/aromatic N) is 1. The van der Waals surface area contributed by atoms with Crippen molar-refractivity contribution in [3.05, 3.63) is 29.8 Å². The molecular weight excluding hydrogens is 322 g/mol. The van der Waals surface area contributed by atoms with Crippen LogP contribution >= 0.6 is 15.9 Å². The summed E-state index contributed by atoms with van der Waals surface area (Å²) in [5.74, 6) is 0.925. The predicted molar refractivity (Wildman–Crippen MR) is 81.4 cm³/mol. The van der Waals surface area contributed by atoms with Gasteiger partial charge in [-0.05, 0) is 18.1 Å². The molecule has 110 valence electrons. The van der Waals surface area contributed by atoms with Crippen LogP contribution in [0, 0.1) is 5.92 Å². The second kappa shape index (κ2) is 7.09. The molecule has 2 rings (SSSR count). The molecule has 2 unspecified atom stereocenters. The molecule has 0 spiro atoms. The Morgan fingerprint density at radius 1 is 1.55 bits per heavy atom. The number of alkyl halides is 1. The lowest BCUT2D eigenvalue weighted by atomic mass is 9.95. The summed E-state index contributed by atoms with van der Waals surface area (Å²) in [5.41, 5.74) is 1.11. The standard InChI is InChI=1S/C15H20BrNO3/c1-17(8-13(16)10-19-2)15(18)12-7-11-5-3-4-6-14(11)20-9-12/h3-6,12-13H,7-10H2,1-2H3. The second-order valence-corrected chi connectivity index (χ2v) is 6.39. The third-order valence-corrected chi connectivity index (χ3v) is 3.98. The molecule has 1 aromatic rings. The third-order valence-electron chi connectivity index (χ3n) is 3.42. The normalized spacial score (nSPS) is 18.9. The largest absolute Gasteiger partial charge is 0.492 e. The average molecular weight is 342 g/mol. The molecule has 0 fully saturated rings. The minimum atomic E-state index is -0.0999. The van der Waals surface area contributed by atoms with Crippen LogP contribution in [0.15, 0.2) is 24.3 Å². The van der Waals surface area contributed by atoms with Gasteiger partial charge in [-0.1, -0.05) is 34.1 Å². The highest BCUT2D eigenvalue weighted by atomic mass is 79.9. The van der Waals surface area contributed by atoms with Crippen molar-refractivity contribution in [3.8, 4) is 5.75 Å². The zero-order chi connectivity index (χ0) is 14.5. The van der Waals surface area contributed by atoms with Crippen LogP contribution in [-0.4, -0.2) is 49.6 Å². The van der Waals surface area contributed by atoms with Crippen molar-refractivity contribution in [2.45, 2.75) is 11.2 Å². The van der Waals surface area contributed by atoms with E-state index in [1.54, 1.807) is 12.0 Å². The highest BCUT2D eigenvalue weighted by Gasteiger charge is 2.28. The van der Waals surface area contributed by atoms with E-state index >= 15 is 0 Å². The Labute approximate surface area is 128 Å². The number of rotatable bonds is 5. The topological polar surface area (TPSA) is 38.8 Å². The number of fused-ring (bicyclic) bond motifs is 1. The van der Waals surface area contributed by atoms with E-state index in [0.29, 0.717) is 19.8 Å². The molecule has 0 bridgehead atoms. The van der Waals surface area contributed by atoms with Crippen molar-refractivity contribution < 1.29 is 14.3 Å². The highest BCUT2D eigenvalue weighted by Crippen LogP contribution is 2.27. The van der Waals surface area contributed by atoms with Crippen LogP contribution in [0.4, 0.5) is 0 Å². The minimum Gasteiger partial charge on any atom is -0.492 e. The summed E-state index contributed by atoms with van der Waals surface area (Å²) >= 11 is 3.51. The molecule has 1 aromatic carbocycles. The third kappa shape index (κ3) is 3.73. The van der Waals surface area contributed by atoms with Gasteiger partial charge in [0.2, 0.25) is 5.91 Å². The van der Waals surface area contributed by atoms with Crippen molar-refractivity contribution in [2.75, 3.05) is 33.9 Å². The van der Waals surface area contributed by atoms with Crippen LogP contribution < -0.4 is 4.74 Å². The van der Waals surface area contributed by atoms with Crippen LogP contribution in [-0.2, 0) is 16.0 Å². The number of amides is 1. The number of para-hydroxylation sites is 1. The molecule has 2 atom stereocenters. The number of halogens is 1. The Morgan fingerprint density at radius 3 is 3.05 bits per heavy atom. The van der Waals surface area contributed by atoms with Crippen molar-refractivity contribution >= 4 is 21.8 Å². The number of carbonyl (C=O) groups excluding carboxylic acids is 1. The molecule has 0 aliphatic carbocycles. The second-order valence-electron chi connectivity index (χ2n) is 5.09. The first-order valence-electron chi connectivity index (χ1n) is 6.70. The maximum Gasteiger partial charge on any atom is 0.229 e. The minimum absolute atomic E-state index is 0.0999. The molecule has 5 heteroatoms. The molecular formula is C15H20BrNO3. The summed E-state index contributed by atoms with van der Waals surface area (Å²) in [6, 6.07) is 7.90. The maximum atomic E-state index is 12.4. The average Bonchev–Trinajstić information content (AvgIpc) is 2.46. The fourth-order valence-corrected chi connectivity index (χ4v) is 3.12. The van der Waals surface area contributed by atoms with Gasteiger partial charge in [-0.2, -0.15) is 0 Å². The smallest absolute Gasteiger partial charge is 0.229 e. The first kappa shape index (κ1) is 15.3. The molecule has 20 heavy (non-hydrogen) atoms. The van der Waals surface area contributed by atoms with Crippen molar-refractivity contribution in [1.29, 1.82) is 0 Å². The van der Waals surface area contributed by atoms with Gasteiger partial charge < -0.3 is 14.4 Å². The number of benzene rings is 1. The summed E-state index contributed by atoms with van der Waals surface area (Å²) in [6.45, 7) is 1.67. The van der Waals surface area contributed by atoms with E-state index in [9.17, 15) is 4.79 Å². The molecule has 0 saturated heterocycles. The lowest BCUT2D eigenvalue weighted by Crippen LogP contribution is -2.41. The Morgan fingerprint density at radius 2 is 2.30 bits per heavy atom. The van der Waals surface area contributed by atoms with Crippen LogP contribution in [0.25, 0.3) is 0 Å². The number of methoxy groups -OCH3 is 1. The van der Waals surface area contributed by atoms with Crippen LogP contribution in [0.2, 0.25) is 0 Å². The van der Waals surface area contributed by atoms with Crippen LogP contribution in [0.3, 0.4) is 0 Å². The summed E-state index contributed by atoms with van der Waals surface area (Å²) in [4.78, 5) is 14.3. The van der Waals surface area contributed by atoms with Gasteiger partial charge in [0.05, 0.1) is 17.4 Å². The van der Waals surface area contributed by atoms with Gasteiger partial charge >= 0.3 is 0 Å². The number of carbonyl (C=O) groups is 1. The van der Waals surface area contributed by atoms with E-state index in [1.165, 1.54) is 0 Å². The zero-order valence-corrected chi connectivity index (χ0v) is 13.4. The molecule has 0 N–H and O–H groups in total. The van der Waals surface area contributed by atoms with E-state index in [2.05, 4.69) is 15.9 Å². The van der Waals surface area contributed by atoms with Gasteiger partial charge in [0, 0.05) is 20.7 Å². The van der Waals surface area contributed by atoms with Crippen LogP contribution in [0.5, 0.6) is 5.75 Å². The Hall–Kier alpha value is -1.07. The first-order chi connectivity index (χ1) is 9.61. The van der Waals surface area contributed by atoms with Gasteiger partial charge in [0.25, 0.3) is 0 Å². The van der Waals surface area contributed by atoms with E-state index in [0.717, 1.165) is 17.7 Å². The monoisotopic (exact) mass is 341 g/mol. The van der Waals surface area contributed by atoms with Gasteiger partial charge in [-0.15, -0.1) is 0 Å². The van der Waals surface area contributed by atoms with Gasteiger partial charge in [-0.3, -0.25) is 4.79 Å². The molecule has 0 saturated carbocycles. The fourth-order valence-electron chi connectivity index (χ4n) is 2.42. The van der Waals surface area contributed by atoms with Crippen molar-refractivity contribution in [2.24, 2.45) is 5.92 Å². The molecule has 4 nitrogen and oxygen atoms in total. The Bertz CT molecular complexity index is 466. The first-order valence-corrected chi connectivity index (χ1v) is 7.62. The van der Waals surface area contributed by atoms with E-state index in [-0.39, 0.29) is 16.7 Å². The molecule has 0 aromatic heterocycles. The SMILES string of the molecule is COCC(Br)CN(C)C(=O)C1COc2ccccc2C1. The lowest BCUT2D eigenvalue weighted by molar-refractivity contribution is -0.135. The van der Waals surface area contributed by atoms with E-state index in [1.807, 2.05) is 31.3 Å². The predicted octanol–water partition coefficient (Wildman–Crippen LogP) is 2.11. The fraction of sp³-hybridized carbons (Fsp3) is 0.533. The van der Waals surface area contributed by atoms with Crippen molar-refractivity contribution in [3.63, 3.8) is 0 Å². The molecule has 0 radical (unpaired) electrons. The van der Waals surface area contributed by atoms with E-state index in [4.69, 9.17) is 9.47 Å². The lowest BCUT2D eigenvalue weighted by Gasteiger charge is -2.29. The quantitative estimate of drug-likeness (QED) is 0.770. The molecule has 1 amide bonds. The Balaban J connectivity index is 1.94. The summed E-state index contributed by atoms with van der Waals surface area (Å²) < 4.78 is 10.7. The summed E-state index contributed by atoms with van der Waals surface area (Å²) in [7, 11) is 3.48. The summed E-state index contributed by atoms with van der Waals surface area (Å²) in [5, 5.41) is 0. The number of hydrogen-bond acceptors (Lipinski definition) is 3. The summed E-state index contributed by atoms with van der Waals surface area (Å²) in [6.07, 6.45) is 0.747. The van der Waals surface area contributed by atoms with Crippen molar-refractivity contribution in [1.82, 2.24) is 4.90 Å². The molecule has 1 aliphatic heterocycles. The number of hydrogen-bond donors (Lipinski definition) is 0. The van der Waals surface area contributed by atoms with E-state index < -0.39 is 0 Å². The Kier molecular flexibility index (Phi) is 5.43. The number of ether oxygens (including phenoxy) is 2. The van der Waals surface area contributed by atoms with Gasteiger partial charge in [-0.25, -0.2) is 0 Å². The molecule has 1 aliphatic rings. The van der Waals surface area contributed by atoms with Gasteiger partial charge in [0.15, 0.2) is 0 Å².